The van der Waals surface area contributed by atoms with E-state index < -0.39 is 6.04 Å². The number of carbonyl (C=O) groups excluding carboxylic acids is 2. The highest BCUT2D eigenvalue weighted by Crippen LogP contribution is 2.35. The molecule has 6 nitrogen and oxygen atoms in total. The largest absolute Gasteiger partial charge is 0.487 e. The molecule has 7 heteroatoms. The number of benzene rings is 1. The van der Waals surface area contributed by atoms with Crippen molar-refractivity contribution in [2.75, 3.05) is 32.2 Å². The van der Waals surface area contributed by atoms with Crippen molar-refractivity contribution in [3.05, 3.63) is 23.2 Å². The van der Waals surface area contributed by atoms with Crippen LogP contribution in [0.2, 0.25) is 5.02 Å². The Morgan fingerprint density at radius 3 is 2.80 bits per heavy atom. The van der Waals surface area contributed by atoms with Crippen LogP contribution in [0.1, 0.15) is 25.7 Å². The molecule has 25 heavy (non-hydrogen) atoms. The number of nitrogens with one attached hydrogen (secondary N) is 1. The van der Waals surface area contributed by atoms with Crippen LogP contribution in [0, 0.1) is 5.92 Å². The Bertz CT molecular complexity index is 648. The summed E-state index contributed by atoms with van der Waals surface area (Å²) in [7, 11) is 1.59. The number of para-hydroxylation sites is 1. The minimum atomic E-state index is -0.418. The van der Waals surface area contributed by atoms with Crippen LogP contribution in [0.15, 0.2) is 18.2 Å². The van der Waals surface area contributed by atoms with Crippen molar-refractivity contribution in [3.8, 4) is 5.75 Å². The van der Waals surface area contributed by atoms with E-state index in [0.29, 0.717) is 42.6 Å². The molecule has 1 aliphatic carbocycles. The standard InChI is InChI=1S/C18H23ClN2O4/c1-24-10-11-25-16-13(19)4-2-5-14(16)20-17(22)15-6-3-9-21(15)18(23)12-7-8-12/h2,4-5,12,15H,3,6-11H2,1H3,(H,20,22). The Kier molecular flexibility index (Phi) is 5.81. The van der Waals surface area contributed by atoms with Crippen LogP contribution in [0.4, 0.5) is 5.69 Å². The fraction of sp³-hybridized carbons (Fsp3) is 0.556. The molecule has 2 amide bonds. The van der Waals surface area contributed by atoms with Crippen LogP contribution < -0.4 is 10.1 Å². The second-order valence-corrected chi connectivity index (χ2v) is 6.82. The molecule has 2 aliphatic rings. The van der Waals surface area contributed by atoms with Gasteiger partial charge in [0, 0.05) is 19.6 Å². The van der Waals surface area contributed by atoms with E-state index in [1.807, 2.05) is 0 Å². The number of amides is 2. The van der Waals surface area contributed by atoms with Gasteiger partial charge >= 0.3 is 0 Å². The van der Waals surface area contributed by atoms with Gasteiger partial charge in [-0.05, 0) is 37.8 Å². The zero-order valence-electron chi connectivity index (χ0n) is 14.3. The van der Waals surface area contributed by atoms with Crippen molar-refractivity contribution < 1.29 is 19.1 Å². The summed E-state index contributed by atoms with van der Waals surface area (Å²) in [5.41, 5.74) is 0.513. The van der Waals surface area contributed by atoms with E-state index in [4.69, 9.17) is 21.1 Å². The molecule has 0 bridgehead atoms. The minimum absolute atomic E-state index is 0.111. The number of methoxy groups -OCH3 is 1. The van der Waals surface area contributed by atoms with Gasteiger partial charge in [0.1, 0.15) is 12.6 Å². The Hall–Kier alpha value is -1.79. The number of hydrogen-bond acceptors (Lipinski definition) is 4. The highest BCUT2D eigenvalue weighted by atomic mass is 35.5. The normalized spacial score (nSPS) is 19.8. The molecule has 1 heterocycles. The first-order chi connectivity index (χ1) is 12.1. The first kappa shape index (κ1) is 18.0. The molecule has 1 aromatic rings. The van der Waals surface area contributed by atoms with Crippen molar-refractivity contribution >= 4 is 29.1 Å². The SMILES string of the molecule is COCCOc1c(Cl)cccc1NC(=O)C1CCCN1C(=O)C1CC1. The molecule has 0 spiro atoms. The summed E-state index contributed by atoms with van der Waals surface area (Å²) in [6.07, 6.45) is 3.42. The van der Waals surface area contributed by atoms with E-state index in [9.17, 15) is 9.59 Å². The van der Waals surface area contributed by atoms with E-state index >= 15 is 0 Å². The van der Waals surface area contributed by atoms with E-state index in [1.54, 1.807) is 30.2 Å². The molecular formula is C18H23ClN2O4. The average Bonchev–Trinajstić information content (AvgIpc) is 3.33. The van der Waals surface area contributed by atoms with Gasteiger partial charge in [-0.2, -0.15) is 0 Å². The fourth-order valence-electron chi connectivity index (χ4n) is 3.06. The lowest BCUT2D eigenvalue weighted by Gasteiger charge is -2.24. The minimum Gasteiger partial charge on any atom is -0.487 e. The Morgan fingerprint density at radius 1 is 1.28 bits per heavy atom. The number of nitrogens with zero attached hydrogens (tertiary/aromatic N) is 1. The predicted octanol–water partition coefficient (Wildman–Crippen LogP) is 2.70. The van der Waals surface area contributed by atoms with Gasteiger partial charge in [-0.25, -0.2) is 0 Å². The third-order valence-corrected chi connectivity index (χ3v) is 4.82. The molecule has 2 fully saturated rings. The van der Waals surface area contributed by atoms with Crippen LogP contribution in [0.3, 0.4) is 0 Å². The third kappa shape index (κ3) is 4.25. The highest BCUT2D eigenvalue weighted by Gasteiger charge is 2.41. The van der Waals surface area contributed by atoms with Crippen molar-refractivity contribution in [1.82, 2.24) is 4.90 Å². The zero-order valence-corrected chi connectivity index (χ0v) is 15.1. The first-order valence-electron chi connectivity index (χ1n) is 8.63. The molecule has 1 N–H and O–H groups in total. The Labute approximate surface area is 152 Å². The Balaban J connectivity index is 1.69. The topological polar surface area (TPSA) is 67.9 Å². The second-order valence-electron chi connectivity index (χ2n) is 6.41. The van der Waals surface area contributed by atoms with Gasteiger partial charge in [-0.15, -0.1) is 0 Å². The number of likely N-dealkylation sites (tertiary alicyclic amines) is 1. The van der Waals surface area contributed by atoms with Gasteiger partial charge in [0.05, 0.1) is 17.3 Å². The summed E-state index contributed by atoms with van der Waals surface area (Å²) >= 11 is 6.20. The smallest absolute Gasteiger partial charge is 0.247 e. The molecule has 0 aromatic heterocycles. The predicted molar refractivity (Wildman–Crippen MR) is 94.9 cm³/mol. The van der Waals surface area contributed by atoms with Crippen molar-refractivity contribution in [3.63, 3.8) is 0 Å². The van der Waals surface area contributed by atoms with Gasteiger partial charge in [0.15, 0.2) is 5.75 Å². The lowest BCUT2D eigenvalue weighted by atomic mass is 10.2. The molecule has 1 saturated heterocycles. The number of halogens is 1. The number of hydrogen-bond donors (Lipinski definition) is 1. The zero-order chi connectivity index (χ0) is 17.8. The summed E-state index contributed by atoms with van der Waals surface area (Å²) in [6.45, 7) is 1.41. The first-order valence-corrected chi connectivity index (χ1v) is 9.01. The summed E-state index contributed by atoms with van der Waals surface area (Å²) in [6, 6.07) is 4.79. The Morgan fingerprint density at radius 2 is 2.08 bits per heavy atom. The molecule has 1 saturated carbocycles. The lowest BCUT2D eigenvalue weighted by Crippen LogP contribution is -2.43. The maximum Gasteiger partial charge on any atom is 0.247 e. The molecule has 136 valence electrons. The van der Waals surface area contributed by atoms with Crippen LogP contribution in [-0.4, -0.2) is 49.6 Å². The fourth-order valence-corrected chi connectivity index (χ4v) is 3.29. The van der Waals surface area contributed by atoms with Gasteiger partial charge in [0.25, 0.3) is 0 Å². The summed E-state index contributed by atoms with van der Waals surface area (Å²) in [5.74, 6) is 0.464. The number of anilines is 1. The molecule has 1 atom stereocenters. The van der Waals surface area contributed by atoms with Crippen LogP contribution in [0.5, 0.6) is 5.75 Å². The average molecular weight is 367 g/mol. The van der Waals surface area contributed by atoms with Gasteiger partial charge in [-0.3, -0.25) is 9.59 Å². The molecule has 1 unspecified atom stereocenters. The summed E-state index contributed by atoms with van der Waals surface area (Å²) in [5, 5.41) is 3.30. The van der Waals surface area contributed by atoms with E-state index in [2.05, 4.69) is 5.32 Å². The second kappa shape index (κ2) is 8.06. The summed E-state index contributed by atoms with van der Waals surface area (Å²) < 4.78 is 10.6. The van der Waals surface area contributed by atoms with E-state index in [-0.39, 0.29) is 17.7 Å². The maximum absolute atomic E-state index is 12.7. The van der Waals surface area contributed by atoms with Crippen LogP contribution >= 0.6 is 11.6 Å². The van der Waals surface area contributed by atoms with Crippen molar-refractivity contribution in [1.29, 1.82) is 0 Å². The highest BCUT2D eigenvalue weighted by molar-refractivity contribution is 6.32. The molecule has 0 radical (unpaired) electrons. The third-order valence-electron chi connectivity index (χ3n) is 4.52. The molecule has 1 aliphatic heterocycles. The number of rotatable bonds is 7. The quantitative estimate of drug-likeness (QED) is 0.753. The molecule has 3 rings (SSSR count). The van der Waals surface area contributed by atoms with E-state index in [0.717, 1.165) is 19.3 Å². The van der Waals surface area contributed by atoms with Gasteiger partial charge in [-0.1, -0.05) is 17.7 Å². The number of ether oxygens (including phenoxy) is 2. The van der Waals surface area contributed by atoms with Gasteiger partial charge < -0.3 is 19.7 Å². The van der Waals surface area contributed by atoms with E-state index in [1.165, 1.54) is 0 Å². The lowest BCUT2D eigenvalue weighted by molar-refractivity contribution is -0.137. The molecular weight excluding hydrogens is 344 g/mol. The number of carbonyl (C=O) groups is 2. The van der Waals surface area contributed by atoms with Crippen molar-refractivity contribution in [2.24, 2.45) is 5.92 Å². The van der Waals surface area contributed by atoms with Crippen LogP contribution in [-0.2, 0) is 14.3 Å². The van der Waals surface area contributed by atoms with Gasteiger partial charge in [0.2, 0.25) is 11.8 Å². The maximum atomic E-state index is 12.7. The molecule has 1 aromatic carbocycles. The summed E-state index contributed by atoms with van der Waals surface area (Å²) in [4.78, 5) is 26.8. The van der Waals surface area contributed by atoms with Crippen molar-refractivity contribution in [2.45, 2.75) is 31.7 Å². The van der Waals surface area contributed by atoms with Crippen LogP contribution in [0.25, 0.3) is 0 Å². The monoisotopic (exact) mass is 366 g/mol.